The van der Waals surface area contributed by atoms with Gasteiger partial charge in [-0.2, -0.15) is 4.57 Å². The monoisotopic (exact) mass is 366 g/mol. The van der Waals surface area contributed by atoms with Crippen LogP contribution in [-0.2, 0) is 7.05 Å². The molecule has 0 N–H and O–H groups in total. The van der Waals surface area contributed by atoms with E-state index in [9.17, 15) is 0 Å². The highest BCUT2D eigenvalue weighted by Crippen LogP contribution is 2.33. The first-order valence-corrected chi connectivity index (χ1v) is 12.7. The number of aromatic nitrogens is 1. The third-order valence-electron chi connectivity index (χ3n) is 5.60. The second-order valence-corrected chi connectivity index (χ2v) is 13.6. The van der Waals surface area contributed by atoms with Crippen LogP contribution in [0, 0.1) is 33.5 Å². The van der Waals surface area contributed by atoms with E-state index in [-0.39, 0.29) is 5.82 Å². The second kappa shape index (κ2) is 6.31. The Labute approximate surface area is 157 Å². The van der Waals surface area contributed by atoms with Crippen molar-refractivity contribution in [3.63, 3.8) is 0 Å². The van der Waals surface area contributed by atoms with Crippen molar-refractivity contribution in [2.75, 3.05) is 0 Å². The summed E-state index contributed by atoms with van der Waals surface area (Å²) in [4.78, 5) is 0. The summed E-state index contributed by atoms with van der Waals surface area (Å²) in [6, 6.07) is 10.9. The van der Waals surface area contributed by atoms with E-state index >= 15 is 4.39 Å². The van der Waals surface area contributed by atoms with Gasteiger partial charge in [0.1, 0.15) is 12.9 Å². The number of nitrogens with zero attached hydrogens (tertiary/aromatic N) is 1. The van der Waals surface area contributed by atoms with Crippen LogP contribution in [0.15, 0.2) is 30.3 Å². The van der Waals surface area contributed by atoms with Crippen molar-refractivity contribution in [2.45, 2.75) is 47.3 Å². The van der Waals surface area contributed by atoms with Gasteiger partial charge in [0, 0.05) is 13.0 Å². The van der Waals surface area contributed by atoms with Crippen molar-refractivity contribution >= 4 is 24.0 Å². The molecule has 0 spiro atoms. The number of halogens is 1. The lowest BCUT2D eigenvalue weighted by Gasteiger charge is -2.18. The molecule has 136 valence electrons. The molecule has 0 saturated heterocycles. The van der Waals surface area contributed by atoms with Gasteiger partial charge >= 0.3 is 0 Å². The fourth-order valence-corrected chi connectivity index (χ4v) is 4.85. The van der Waals surface area contributed by atoms with Crippen molar-refractivity contribution in [3.05, 3.63) is 58.5 Å². The predicted octanol–water partition coefficient (Wildman–Crippen LogP) is 5.25. The van der Waals surface area contributed by atoms with Gasteiger partial charge in [-0.05, 0) is 48.9 Å². The lowest BCUT2D eigenvalue weighted by Crippen LogP contribution is -2.38. The minimum Gasteiger partial charge on any atom is -0.206 e. The summed E-state index contributed by atoms with van der Waals surface area (Å²) in [5, 5.41) is 3.75. The van der Waals surface area contributed by atoms with Gasteiger partial charge in [-0.1, -0.05) is 43.0 Å². The number of rotatable bonds is 2. The van der Waals surface area contributed by atoms with E-state index in [1.54, 1.807) is 0 Å². The number of fused-ring (bicyclic) bond motifs is 1. The van der Waals surface area contributed by atoms with Crippen LogP contribution in [0.1, 0.15) is 22.4 Å². The molecule has 0 fully saturated rings. The molecule has 26 heavy (non-hydrogen) atoms. The van der Waals surface area contributed by atoms with Crippen LogP contribution in [-0.4, -0.2) is 8.07 Å². The lowest BCUT2D eigenvalue weighted by molar-refractivity contribution is -0.665. The van der Waals surface area contributed by atoms with Crippen molar-refractivity contribution in [2.24, 2.45) is 7.05 Å². The summed E-state index contributed by atoms with van der Waals surface area (Å²) in [6.45, 7) is 15.1. The van der Waals surface area contributed by atoms with Crippen molar-refractivity contribution in [1.29, 1.82) is 0 Å². The zero-order chi connectivity index (χ0) is 19.4. The normalized spacial score (nSPS) is 12.0. The van der Waals surface area contributed by atoms with Gasteiger partial charge in [-0.15, -0.1) is 0 Å². The van der Waals surface area contributed by atoms with Crippen molar-refractivity contribution in [3.8, 4) is 11.3 Å². The van der Waals surface area contributed by atoms with Crippen LogP contribution >= 0.6 is 0 Å². The molecule has 3 rings (SSSR count). The summed E-state index contributed by atoms with van der Waals surface area (Å²) in [5.41, 5.74) is 5.70. The average Bonchev–Trinajstić information content (AvgIpc) is 2.55. The summed E-state index contributed by atoms with van der Waals surface area (Å²) in [7, 11) is 0.636. The number of hydrogen-bond donors (Lipinski definition) is 0. The Balaban J connectivity index is 2.46. The molecule has 0 saturated carbocycles. The zero-order valence-electron chi connectivity index (χ0n) is 17.2. The number of aryl methyl sites for hydroxylation is 3. The van der Waals surface area contributed by atoms with Crippen LogP contribution in [0.25, 0.3) is 22.0 Å². The minimum atomic E-state index is -1.40. The van der Waals surface area contributed by atoms with E-state index in [4.69, 9.17) is 0 Å². The topological polar surface area (TPSA) is 3.88 Å². The van der Waals surface area contributed by atoms with Gasteiger partial charge in [-0.25, -0.2) is 4.39 Å². The SMILES string of the molecule is Cc1cc(C)c(F)c(-c2c3ccc([Si](C)(C)C)cc3cc(C)[n+]2C)c1C. The van der Waals surface area contributed by atoms with Crippen LogP contribution in [0.3, 0.4) is 0 Å². The molecule has 0 atom stereocenters. The van der Waals surface area contributed by atoms with Crippen LogP contribution in [0.4, 0.5) is 4.39 Å². The van der Waals surface area contributed by atoms with Gasteiger partial charge in [0.05, 0.1) is 19.0 Å². The summed E-state index contributed by atoms with van der Waals surface area (Å²) >= 11 is 0. The van der Waals surface area contributed by atoms with E-state index in [2.05, 4.69) is 62.3 Å². The third-order valence-corrected chi connectivity index (χ3v) is 7.65. The maximum absolute atomic E-state index is 15.2. The lowest BCUT2D eigenvalue weighted by atomic mass is 9.93. The van der Waals surface area contributed by atoms with Crippen LogP contribution in [0.5, 0.6) is 0 Å². The Morgan fingerprint density at radius 1 is 0.885 bits per heavy atom. The summed E-state index contributed by atoms with van der Waals surface area (Å²) in [6.07, 6.45) is 0. The number of pyridine rings is 1. The molecule has 0 aliphatic rings. The first-order chi connectivity index (χ1) is 12.0. The zero-order valence-corrected chi connectivity index (χ0v) is 18.2. The number of benzene rings is 2. The Morgan fingerprint density at radius 2 is 1.54 bits per heavy atom. The molecule has 0 amide bonds. The Kier molecular flexibility index (Phi) is 4.56. The molecule has 0 aliphatic carbocycles. The highest BCUT2D eigenvalue weighted by molar-refractivity contribution is 6.88. The standard InChI is InChI=1S/C23H29FNSi/c1-14-11-15(2)22(24)21(17(14)4)23-20-10-9-19(26(6,7)8)13-18(20)12-16(3)25(23)5/h9-13H,1-8H3/q+1. The molecule has 3 aromatic rings. The molecular formula is C23H29FNSi+. The van der Waals surface area contributed by atoms with Gasteiger partial charge in [-0.3, -0.25) is 0 Å². The molecule has 0 unspecified atom stereocenters. The first kappa shape index (κ1) is 18.8. The highest BCUT2D eigenvalue weighted by atomic mass is 28.3. The molecule has 0 radical (unpaired) electrons. The fourth-order valence-electron chi connectivity index (χ4n) is 3.68. The molecule has 0 bridgehead atoms. The van der Waals surface area contributed by atoms with Crippen molar-refractivity contribution < 1.29 is 8.96 Å². The van der Waals surface area contributed by atoms with Gasteiger partial charge < -0.3 is 0 Å². The Bertz CT molecular complexity index is 1000. The van der Waals surface area contributed by atoms with Crippen LogP contribution < -0.4 is 9.75 Å². The molecule has 2 aromatic carbocycles. The summed E-state index contributed by atoms with van der Waals surface area (Å²) < 4.78 is 17.4. The molecule has 1 nitrogen and oxygen atoms in total. The highest BCUT2D eigenvalue weighted by Gasteiger charge is 2.26. The smallest absolute Gasteiger partial charge is 0.206 e. The molecule has 0 aliphatic heterocycles. The van der Waals surface area contributed by atoms with Crippen molar-refractivity contribution in [1.82, 2.24) is 0 Å². The second-order valence-electron chi connectivity index (χ2n) is 8.57. The largest absolute Gasteiger partial charge is 0.223 e. The van der Waals surface area contributed by atoms with E-state index in [0.29, 0.717) is 5.56 Å². The molecule has 3 heteroatoms. The Morgan fingerprint density at radius 3 is 2.15 bits per heavy atom. The van der Waals surface area contributed by atoms with Gasteiger partial charge in [0.2, 0.25) is 5.69 Å². The Hall–Kier alpha value is -2.00. The first-order valence-electron chi connectivity index (χ1n) is 9.23. The van der Waals surface area contributed by atoms with E-state index in [1.807, 2.05) is 27.0 Å². The quantitative estimate of drug-likeness (QED) is 0.431. The number of hydrogen-bond acceptors (Lipinski definition) is 0. The predicted molar refractivity (Wildman–Crippen MR) is 112 cm³/mol. The van der Waals surface area contributed by atoms with Gasteiger partial charge in [0.25, 0.3) is 0 Å². The molecule has 1 heterocycles. The molecule has 1 aromatic heterocycles. The summed E-state index contributed by atoms with van der Waals surface area (Å²) in [5.74, 6) is -0.107. The fraction of sp³-hybridized carbons (Fsp3) is 0.348. The average molecular weight is 367 g/mol. The maximum Gasteiger partial charge on any atom is 0.223 e. The van der Waals surface area contributed by atoms with E-state index in [1.165, 1.54) is 10.6 Å². The minimum absolute atomic E-state index is 0.107. The molecular weight excluding hydrogens is 337 g/mol. The maximum atomic E-state index is 15.2. The van der Waals surface area contributed by atoms with Crippen LogP contribution in [0.2, 0.25) is 19.6 Å². The third kappa shape index (κ3) is 2.99. The van der Waals surface area contributed by atoms with E-state index in [0.717, 1.165) is 33.5 Å². The van der Waals surface area contributed by atoms with Gasteiger partial charge in [0.15, 0.2) is 5.69 Å². The van der Waals surface area contributed by atoms with E-state index < -0.39 is 8.07 Å².